The molecule has 1 saturated heterocycles. The normalized spacial score (nSPS) is 15.4. The maximum atomic E-state index is 11.9. The van der Waals surface area contributed by atoms with Crippen molar-refractivity contribution in [2.75, 3.05) is 32.6 Å². The third-order valence-electron chi connectivity index (χ3n) is 3.85. The molecule has 0 unspecified atom stereocenters. The van der Waals surface area contributed by atoms with Gasteiger partial charge in [-0.2, -0.15) is 0 Å². The van der Waals surface area contributed by atoms with Crippen LogP contribution in [0.3, 0.4) is 0 Å². The monoisotopic (exact) mass is 322 g/mol. The number of para-hydroxylation sites is 1. The molecule has 1 aliphatic heterocycles. The van der Waals surface area contributed by atoms with Gasteiger partial charge < -0.3 is 24.4 Å². The first-order chi connectivity index (χ1) is 11.0. The van der Waals surface area contributed by atoms with E-state index in [0.29, 0.717) is 30.6 Å². The Morgan fingerprint density at radius 3 is 2.48 bits per heavy atom. The van der Waals surface area contributed by atoms with Crippen molar-refractivity contribution in [3.63, 3.8) is 0 Å². The van der Waals surface area contributed by atoms with Gasteiger partial charge in [0.05, 0.1) is 26.0 Å². The highest BCUT2D eigenvalue weighted by Crippen LogP contribution is 2.35. The van der Waals surface area contributed by atoms with Crippen LogP contribution in [0.25, 0.3) is 0 Å². The van der Waals surface area contributed by atoms with Crippen molar-refractivity contribution >= 4 is 11.8 Å². The number of carbonyl (C=O) groups excluding carboxylic acids is 1. The summed E-state index contributed by atoms with van der Waals surface area (Å²) in [5.41, 5.74) is 0.912. The zero-order valence-electron chi connectivity index (χ0n) is 14.3. The van der Waals surface area contributed by atoms with Gasteiger partial charge >= 0.3 is 6.09 Å². The minimum atomic E-state index is -0.225. The fraction of sp³-hybridized carbons (Fsp3) is 0.588. The van der Waals surface area contributed by atoms with E-state index in [4.69, 9.17) is 14.2 Å². The minimum absolute atomic E-state index is 0.0839. The third kappa shape index (κ3) is 4.43. The average molecular weight is 322 g/mol. The number of nitrogens with one attached hydrogen (secondary N) is 1. The van der Waals surface area contributed by atoms with Crippen LogP contribution in [0.2, 0.25) is 0 Å². The molecule has 6 nitrogen and oxygen atoms in total. The molecule has 0 bridgehead atoms. The predicted molar refractivity (Wildman–Crippen MR) is 89.4 cm³/mol. The molecule has 1 heterocycles. The molecule has 1 aromatic rings. The Kier molecular flexibility index (Phi) is 5.96. The van der Waals surface area contributed by atoms with Gasteiger partial charge in [-0.05, 0) is 38.8 Å². The van der Waals surface area contributed by atoms with Crippen molar-refractivity contribution in [3.8, 4) is 11.5 Å². The summed E-state index contributed by atoms with van der Waals surface area (Å²) in [7, 11) is 3.26. The van der Waals surface area contributed by atoms with Crippen LogP contribution >= 0.6 is 0 Å². The predicted octanol–water partition coefficient (Wildman–Crippen LogP) is 3.13. The second-order valence-electron chi connectivity index (χ2n) is 5.88. The zero-order valence-corrected chi connectivity index (χ0v) is 14.3. The molecule has 0 saturated carbocycles. The van der Waals surface area contributed by atoms with Crippen LogP contribution in [0.1, 0.15) is 26.7 Å². The molecule has 0 aromatic heterocycles. The first-order valence-corrected chi connectivity index (χ1v) is 7.98. The number of methoxy groups -OCH3 is 2. The van der Waals surface area contributed by atoms with Crippen LogP contribution in [0.4, 0.5) is 10.5 Å². The molecule has 1 amide bonds. The molecular weight excluding hydrogens is 296 g/mol. The number of nitrogens with zero attached hydrogens (tertiary/aromatic N) is 1. The van der Waals surface area contributed by atoms with Gasteiger partial charge in [0.2, 0.25) is 0 Å². The lowest BCUT2D eigenvalue weighted by molar-refractivity contribution is 0.0701. The Bertz CT molecular complexity index is 525. The number of anilines is 1. The lowest BCUT2D eigenvalue weighted by atomic mass is 10.0. The average Bonchev–Trinajstić information content (AvgIpc) is 2.54. The van der Waals surface area contributed by atoms with Crippen LogP contribution in [0.5, 0.6) is 11.5 Å². The highest BCUT2D eigenvalue weighted by molar-refractivity contribution is 5.68. The van der Waals surface area contributed by atoms with Crippen molar-refractivity contribution in [1.29, 1.82) is 0 Å². The zero-order chi connectivity index (χ0) is 16.8. The summed E-state index contributed by atoms with van der Waals surface area (Å²) >= 11 is 0. The van der Waals surface area contributed by atoms with E-state index in [1.165, 1.54) is 0 Å². The second kappa shape index (κ2) is 7.94. The number of hydrogen-bond acceptors (Lipinski definition) is 5. The van der Waals surface area contributed by atoms with Crippen molar-refractivity contribution < 1.29 is 19.0 Å². The maximum absolute atomic E-state index is 11.9. The number of benzene rings is 1. The SMILES string of the molecule is COc1cccc(NC2CCN(C(=O)OC(C)C)CC2)c1OC. The summed E-state index contributed by atoms with van der Waals surface area (Å²) in [4.78, 5) is 13.7. The number of piperidine rings is 1. The van der Waals surface area contributed by atoms with E-state index < -0.39 is 0 Å². The van der Waals surface area contributed by atoms with Gasteiger partial charge in [0, 0.05) is 19.1 Å². The van der Waals surface area contributed by atoms with Gasteiger partial charge in [-0.25, -0.2) is 4.79 Å². The molecule has 1 aromatic carbocycles. The van der Waals surface area contributed by atoms with E-state index in [1.54, 1.807) is 19.1 Å². The maximum Gasteiger partial charge on any atom is 0.410 e. The highest BCUT2D eigenvalue weighted by Gasteiger charge is 2.25. The molecule has 0 spiro atoms. The topological polar surface area (TPSA) is 60.0 Å². The Morgan fingerprint density at radius 2 is 1.91 bits per heavy atom. The fourth-order valence-electron chi connectivity index (χ4n) is 2.70. The molecule has 1 fully saturated rings. The Labute approximate surface area is 137 Å². The lowest BCUT2D eigenvalue weighted by Gasteiger charge is -2.33. The summed E-state index contributed by atoms with van der Waals surface area (Å²) in [6, 6.07) is 6.06. The molecule has 0 atom stereocenters. The van der Waals surface area contributed by atoms with Crippen molar-refractivity contribution in [1.82, 2.24) is 4.90 Å². The smallest absolute Gasteiger partial charge is 0.410 e. The van der Waals surface area contributed by atoms with Gasteiger partial charge in [-0.15, -0.1) is 0 Å². The first kappa shape index (κ1) is 17.2. The molecule has 128 valence electrons. The summed E-state index contributed by atoms with van der Waals surface area (Å²) < 4.78 is 16.0. The van der Waals surface area contributed by atoms with E-state index >= 15 is 0 Å². The Hall–Kier alpha value is -2.11. The fourth-order valence-corrected chi connectivity index (χ4v) is 2.70. The van der Waals surface area contributed by atoms with E-state index in [2.05, 4.69) is 5.32 Å². The quantitative estimate of drug-likeness (QED) is 0.902. The highest BCUT2D eigenvalue weighted by atomic mass is 16.6. The summed E-state index contributed by atoms with van der Waals surface area (Å²) in [5, 5.41) is 3.49. The van der Waals surface area contributed by atoms with Crippen molar-refractivity contribution in [3.05, 3.63) is 18.2 Å². The number of ether oxygens (including phenoxy) is 3. The molecule has 0 aliphatic carbocycles. The molecule has 23 heavy (non-hydrogen) atoms. The molecule has 0 radical (unpaired) electrons. The van der Waals surface area contributed by atoms with Crippen LogP contribution in [-0.4, -0.2) is 50.4 Å². The molecule has 1 N–H and O–H groups in total. The van der Waals surface area contributed by atoms with Crippen LogP contribution in [0, 0.1) is 0 Å². The summed E-state index contributed by atoms with van der Waals surface area (Å²) in [5.74, 6) is 1.41. The summed E-state index contributed by atoms with van der Waals surface area (Å²) in [6.07, 6.45) is 1.43. The van der Waals surface area contributed by atoms with Crippen LogP contribution < -0.4 is 14.8 Å². The number of rotatable bonds is 5. The third-order valence-corrected chi connectivity index (χ3v) is 3.85. The standard InChI is InChI=1S/C17H26N2O4/c1-12(2)23-17(20)19-10-8-13(9-11-19)18-14-6-5-7-15(21-3)16(14)22-4/h5-7,12-13,18H,8-11H2,1-4H3. The van der Waals surface area contributed by atoms with Crippen molar-refractivity contribution in [2.24, 2.45) is 0 Å². The number of amides is 1. The van der Waals surface area contributed by atoms with Crippen LogP contribution in [-0.2, 0) is 4.74 Å². The molecule has 2 rings (SSSR count). The second-order valence-corrected chi connectivity index (χ2v) is 5.88. The Morgan fingerprint density at radius 1 is 1.22 bits per heavy atom. The largest absolute Gasteiger partial charge is 0.493 e. The van der Waals surface area contributed by atoms with E-state index in [9.17, 15) is 4.79 Å². The summed E-state index contributed by atoms with van der Waals surface area (Å²) in [6.45, 7) is 5.10. The molecule has 1 aliphatic rings. The van der Waals surface area contributed by atoms with E-state index in [1.807, 2.05) is 32.0 Å². The lowest BCUT2D eigenvalue weighted by Crippen LogP contribution is -2.43. The van der Waals surface area contributed by atoms with E-state index in [0.717, 1.165) is 18.5 Å². The van der Waals surface area contributed by atoms with Gasteiger partial charge in [0.1, 0.15) is 0 Å². The number of likely N-dealkylation sites (tertiary alicyclic amines) is 1. The number of carbonyl (C=O) groups is 1. The first-order valence-electron chi connectivity index (χ1n) is 7.98. The molecular formula is C17H26N2O4. The van der Waals surface area contributed by atoms with Gasteiger partial charge in [0.15, 0.2) is 11.5 Å². The van der Waals surface area contributed by atoms with E-state index in [-0.39, 0.29) is 12.2 Å². The van der Waals surface area contributed by atoms with Gasteiger partial charge in [-0.3, -0.25) is 0 Å². The number of hydrogen-bond donors (Lipinski definition) is 1. The molecule has 6 heteroatoms. The minimum Gasteiger partial charge on any atom is -0.493 e. The Balaban J connectivity index is 1.93. The van der Waals surface area contributed by atoms with Gasteiger partial charge in [0.25, 0.3) is 0 Å². The van der Waals surface area contributed by atoms with Gasteiger partial charge in [-0.1, -0.05) is 6.07 Å². The van der Waals surface area contributed by atoms with Crippen molar-refractivity contribution in [2.45, 2.75) is 38.8 Å². The van der Waals surface area contributed by atoms with Crippen LogP contribution in [0.15, 0.2) is 18.2 Å².